The zero-order valence-corrected chi connectivity index (χ0v) is 12.8. The van der Waals surface area contributed by atoms with Crippen molar-refractivity contribution in [2.24, 2.45) is 0 Å². The molecule has 24 heavy (non-hydrogen) atoms. The Labute approximate surface area is 139 Å². The first kappa shape index (κ1) is 14.6. The Kier molecular flexibility index (Phi) is 3.40. The smallest absolute Gasteiger partial charge is 0.261 e. The van der Waals surface area contributed by atoms with E-state index < -0.39 is 6.10 Å². The van der Waals surface area contributed by atoms with Crippen LogP contribution in [0.25, 0.3) is 10.8 Å². The van der Waals surface area contributed by atoms with Gasteiger partial charge in [0.15, 0.2) is 0 Å². The summed E-state index contributed by atoms with van der Waals surface area (Å²) < 4.78 is 0. The predicted molar refractivity (Wildman–Crippen MR) is 90.7 cm³/mol. The van der Waals surface area contributed by atoms with Crippen molar-refractivity contribution in [3.63, 3.8) is 0 Å². The van der Waals surface area contributed by atoms with Crippen molar-refractivity contribution in [3.05, 3.63) is 83.4 Å². The summed E-state index contributed by atoms with van der Waals surface area (Å²) in [5, 5.41) is 12.0. The third-order valence-corrected chi connectivity index (χ3v) is 4.40. The molecule has 1 unspecified atom stereocenters. The third kappa shape index (κ3) is 2.20. The second-order valence-electron chi connectivity index (χ2n) is 5.86. The monoisotopic (exact) mass is 317 g/mol. The first-order valence-electron chi connectivity index (χ1n) is 7.78. The van der Waals surface area contributed by atoms with Crippen molar-refractivity contribution in [1.82, 2.24) is 4.90 Å². The fourth-order valence-corrected chi connectivity index (χ4v) is 3.20. The highest BCUT2D eigenvalue weighted by Crippen LogP contribution is 2.30. The van der Waals surface area contributed by atoms with Gasteiger partial charge in [-0.2, -0.15) is 0 Å². The zero-order valence-electron chi connectivity index (χ0n) is 12.8. The van der Waals surface area contributed by atoms with E-state index in [1.165, 1.54) is 0 Å². The summed E-state index contributed by atoms with van der Waals surface area (Å²) in [7, 11) is 0. The molecule has 1 aliphatic heterocycles. The number of nitrogens with zero attached hydrogens (tertiary/aromatic N) is 1. The maximum atomic E-state index is 12.8. The molecule has 0 aliphatic carbocycles. The molecule has 118 valence electrons. The highest BCUT2D eigenvalue weighted by molar-refractivity contribution is 6.25. The Morgan fingerprint density at radius 1 is 0.792 bits per heavy atom. The molecule has 0 spiro atoms. The van der Waals surface area contributed by atoms with Gasteiger partial charge in [0.1, 0.15) is 0 Å². The molecule has 0 saturated carbocycles. The molecule has 1 heterocycles. The highest BCUT2D eigenvalue weighted by Gasteiger charge is 2.33. The van der Waals surface area contributed by atoms with E-state index in [0.717, 1.165) is 10.3 Å². The molecule has 0 fully saturated rings. The van der Waals surface area contributed by atoms with Crippen LogP contribution in [0.3, 0.4) is 0 Å². The van der Waals surface area contributed by atoms with Crippen molar-refractivity contribution < 1.29 is 14.7 Å². The van der Waals surface area contributed by atoms with Gasteiger partial charge in [-0.15, -0.1) is 0 Å². The summed E-state index contributed by atoms with van der Waals surface area (Å²) in [6.45, 7) is -0.0631. The number of β-amino-alcohol motifs (C(OH)–C–C–N with tert-alkyl or cyclic N) is 1. The van der Waals surface area contributed by atoms with E-state index >= 15 is 0 Å². The van der Waals surface area contributed by atoms with Crippen molar-refractivity contribution in [2.75, 3.05) is 6.54 Å². The fourth-order valence-electron chi connectivity index (χ4n) is 3.20. The van der Waals surface area contributed by atoms with E-state index in [1.54, 1.807) is 36.4 Å². The number of benzene rings is 3. The Bertz CT molecular complexity index is 899. The van der Waals surface area contributed by atoms with Crippen LogP contribution < -0.4 is 0 Å². The van der Waals surface area contributed by atoms with E-state index in [0.29, 0.717) is 22.1 Å². The zero-order chi connectivity index (χ0) is 16.7. The maximum Gasteiger partial charge on any atom is 0.261 e. The van der Waals surface area contributed by atoms with Crippen LogP contribution in [-0.4, -0.2) is 28.4 Å². The van der Waals surface area contributed by atoms with Crippen LogP contribution in [0.1, 0.15) is 32.4 Å². The second-order valence-corrected chi connectivity index (χ2v) is 5.86. The van der Waals surface area contributed by atoms with Crippen LogP contribution in [0, 0.1) is 0 Å². The number of amides is 2. The summed E-state index contributed by atoms with van der Waals surface area (Å²) in [5.41, 5.74) is 1.68. The van der Waals surface area contributed by atoms with Gasteiger partial charge in [-0.05, 0) is 23.1 Å². The van der Waals surface area contributed by atoms with Gasteiger partial charge in [0, 0.05) is 16.5 Å². The summed E-state index contributed by atoms with van der Waals surface area (Å²) in [5.74, 6) is -0.724. The minimum absolute atomic E-state index is 0.0631. The molecule has 1 aliphatic rings. The number of carbonyl (C=O) groups excluding carboxylic acids is 2. The van der Waals surface area contributed by atoms with Gasteiger partial charge in [0.25, 0.3) is 11.8 Å². The van der Waals surface area contributed by atoms with Crippen molar-refractivity contribution >= 4 is 22.6 Å². The molecular weight excluding hydrogens is 302 g/mol. The largest absolute Gasteiger partial charge is 0.387 e. The minimum atomic E-state index is -0.913. The molecule has 3 aromatic carbocycles. The number of hydrogen-bond acceptors (Lipinski definition) is 3. The number of imide groups is 1. The normalized spacial score (nSPS) is 15.0. The van der Waals surface area contributed by atoms with Crippen molar-refractivity contribution in [2.45, 2.75) is 6.10 Å². The number of aliphatic hydroxyl groups excluding tert-OH is 1. The summed E-state index contributed by atoms with van der Waals surface area (Å²) in [4.78, 5) is 26.7. The maximum absolute atomic E-state index is 12.8. The average Bonchev–Trinajstić information content (AvgIpc) is 2.63. The molecule has 4 nitrogen and oxygen atoms in total. The minimum Gasteiger partial charge on any atom is -0.387 e. The van der Waals surface area contributed by atoms with Crippen molar-refractivity contribution in [3.8, 4) is 0 Å². The lowest BCUT2D eigenvalue weighted by Crippen LogP contribution is -2.42. The van der Waals surface area contributed by atoms with Gasteiger partial charge >= 0.3 is 0 Å². The highest BCUT2D eigenvalue weighted by atomic mass is 16.3. The second kappa shape index (κ2) is 5.58. The van der Waals surface area contributed by atoms with E-state index in [-0.39, 0.29) is 18.4 Å². The summed E-state index contributed by atoms with van der Waals surface area (Å²) in [6, 6.07) is 19.9. The molecule has 2 amide bonds. The molecule has 1 atom stereocenters. The molecular formula is C20H15NO3. The van der Waals surface area contributed by atoms with Gasteiger partial charge in [-0.3, -0.25) is 14.5 Å². The first-order chi connectivity index (χ1) is 11.7. The average molecular weight is 317 g/mol. The molecule has 0 radical (unpaired) electrons. The van der Waals surface area contributed by atoms with Gasteiger partial charge in [0.2, 0.25) is 0 Å². The van der Waals surface area contributed by atoms with Crippen LogP contribution in [0.2, 0.25) is 0 Å². The van der Waals surface area contributed by atoms with Gasteiger partial charge in [-0.25, -0.2) is 0 Å². The number of hydrogen-bond donors (Lipinski definition) is 1. The number of carbonyl (C=O) groups is 2. The van der Waals surface area contributed by atoms with Crippen LogP contribution in [0.5, 0.6) is 0 Å². The quantitative estimate of drug-likeness (QED) is 0.755. The number of aliphatic hydroxyl groups is 1. The predicted octanol–water partition coefficient (Wildman–Crippen LogP) is 3.17. The summed E-state index contributed by atoms with van der Waals surface area (Å²) in [6.07, 6.45) is -0.913. The van der Waals surface area contributed by atoms with E-state index in [2.05, 4.69) is 0 Å². The lowest BCUT2D eigenvalue weighted by Gasteiger charge is -2.28. The molecule has 1 N–H and O–H groups in total. The SMILES string of the molecule is O=C1c2cccc3cccc(c23)C(=O)N1CC(O)c1ccccc1. The Hall–Kier alpha value is -2.98. The van der Waals surface area contributed by atoms with E-state index in [4.69, 9.17) is 0 Å². The fraction of sp³-hybridized carbons (Fsp3) is 0.100. The molecule has 3 aromatic rings. The van der Waals surface area contributed by atoms with Gasteiger partial charge in [0.05, 0.1) is 12.6 Å². The van der Waals surface area contributed by atoms with E-state index in [1.807, 2.05) is 30.3 Å². The van der Waals surface area contributed by atoms with Gasteiger partial charge in [-0.1, -0.05) is 54.6 Å². The molecule has 4 heteroatoms. The van der Waals surface area contributed by atoms with Crippen molar-refractivity contribution in [1.29, 1.82) is 0 Å². The molecule has 0 saturated heterocycles. The molecule has 0 aromatic heterocycles. The standard InChI is InChI=1S/C20H15NO3/c22-17(13-6-2-1-3-7-13)12-21-19(23)15-10-4-8-14-9-5-11-16(18(14)15)20(21)24/h1-11,17,22H,12H2. The lowest BCUT2D eigenvalue weighted by molar-refractivity contribution is 0.0500. The third-order valence-electron chi connectivity index (χ3n) is 4.40. The Morgan fingerprint density at radius 2 is 1.38 bits per heavy atom. The van der Waals surface area contributed by atoms with E-state index in [9.17, 15) is 14.7 Å². The van der Waals surface area contributed by atoms with Crippen LogP contribution >= 0.6 is 0 Å². The topological polar surface area (TPSA) is 57.6 Å². The van der Waals surface area contributed by atoms with Crippen LogP contribution in [0.15, 0.2) is 66.7 Å². The van der Waals surface area contributed by atoms with Crippen LogP contribution in [0.4, 0.5) is 0 Å². The molecule has 0 bridgehead atoms. The Morgan fingerprint density at radius 3 is 1.96 bits per heavy atom. The van der Waals surface area contributed by atoms with Gasteiger partial charge < -0.3 is 5.11 Å². The van der Waals surface area contributed by atoms with Crippen LogP contribution in [-0.2, 0) is 0 Å². The summed E-state index contributed by atoms with van der Waals surface area (Å²) >= 11 is 0. The number of rotatable bonds is 3. The molecule has 4 rings (SSSR count). The lowest BCUT2D eigenvalue weighted by atomic mass is 9.93. The Balaban J connectivity index is 1.74. The first-order valence-corrected chi connectivity index (χ1v) is 7.78.